The van der Waals surface area contributed by atoms with Gasteiger partial charge in [0.15, 0.2) is 11.6 Å². The molecule has 194 valence electrons. The van der Waals surface area contributed by atoms with Gasteiger partial charge in [-0.15, -0.1) is 0 Å². The fourth-order valence-electron chi connectivity index (χ4n) is 7.10. The Morgan fingerprint density at radius 1 is 0.800 bits per heavy atom. The average Bonchev–Trinajstić information content (AvgIpc) is 2.90. The predicted octanol–water partition coefficient (Wildman–Crippen LogP) is 9.91. The smallest absolute Gasteiger partial charge is 0.201 e. The van der Waals surface area contributed by atoms with Gasteiger partial charge in [-0.05, 0) is 105 Å². The van der Waals surface area contributed by atoms with Crippen molar-refractivity contribution in [2.45, 2.75) is 103 Å². The van der Waals surface area contributed by atoms with Crippen molar-refractivity contribution in [2.24, 2.45) is 29.6 Å². The zero-order chi connectivity index (χ0) is 24.6. The molecule has 0 aliphatic heterocycles. The first-order valence-corrected chi connectivity index (χ1v) is 14.4. The highest BCUT2D eigenvalue weighted by molar-refractivity contribution is 5.67. The highest BCUT2D eigenvalue weighted by Crippen LogP contribution is 2.43. The van der Waals surface area contributed by atoms with Crippen molar-refractivity contribution in [2.75, 3.05) is 7.11 Å². The molecule has 2 fully saturated rings. The number of halogens is 2. The molecule has 1 aromatic carbocycles. The van der Waals surface area contributed by atoms with E-state index in [1.165, 1.54) is 84.2 Å². The van der Waals surface area contributed by atoms with Crippen LogP contribution >= 0.6 is 0 Å². The summed E-state index contributed by atoms with van der Waals surface area (Å²) in [5.41, 5.74) is 1.38. The Morgan fingerprint density at radius 2 is 1.46 bits per heavy atom. The molecular weight excluding hydrogens is 438 g/mol. The maximum atomic E-state index is 14.5. The van der Waals surface area contributed by atoms with Crippen LogP contribution in [0.3, 0.4) is 0 Å². The third-order valence-electron chi connectivity index (χ3n) is 9.44. The zero-order valence-corrected chi connectivity index (χ0v) is 22.0. The van der Waals surface area contributed by atoms with Crippen molar-refractivity contribution < 1.29 is 13.5 Å². The minimum atomic E-state index is -0.872. The van der Waals surface area contributed by atoms with Crippen LogP contribution in [0.2, 0.25) is 0 Å². The van der Waals surface area contributed by atoms with Gasteiger partial charge in [-0.1, -0.05) is 63.7 Å². The molecule has 3 heteroatoms. The Balaban J connectivity index is 1.17. The van der Waals surface area contributed by atoms with Gasteiger partial charge in [0.1, 0.15) is 0 Å². The molecule has 0 spiro atoms. The predicted molar refractivity (Wildman–Crippen MR) is 142 cm³/mol. The highest BCUT2D eigenvalue weighted by atomic mass is 19.2. The van der Waals surface area contributed by atoms with Gasteiger partial charge in [-0.2, -0.15) is 4.39 Å². The molecule has 1 atom stereocenters. The maximum Gasteiger partial charge on any atom is 0.201 e. The summed E-state index contributed by atoms with van der Waals surface area (Å²) in [7, 11) is 1.37. The second-order valence-electron chi connectivity index (χ2n) is 11.6. The molecule has 3 aliphatic carbocycles. The third-order valence-corrected chi connectivity index (χ3v) is 9.44. The van der Waals surface area contributed by atoms with Crippen LogP contribution in [0.4, 0.5) is 8.78 Å². The van der Waals surface area contributed by atoms with Gasteiger partial charge >= 0.3 is 0 Å². The van der Waals surface area contributed by atoms with E-state index in [2.05, 4.69) is 25.2 Å². The van der Waals surface area contributed by atoms with Crippen LogP contribution in [0.15, 0.2) is 30.4 Å². The molecular formula is C32H46F2O. The van der Waals surface area contributed by atoms with E-state index < -0.39 is 11.6 Å². The van der Waals surface area contributed by atoms with Crippen LogP contribution in [0.25, 0.3) is 5.57 Å². The topological polar surface area (TPSA) is 9.23 Å². The number of rotatable bonds is 9. The number of ether oxygens (including phenoxy) is 1. The molecule has 4 rings (SSSR count). The van der Waals surface area contributed by atoms with E-state index in [0.717, 1.165) is 48.5 Å². The Kier molecular flexibility index (Phi) is 9.86. The van der Waals surface area contributed by atoms with Gasteiger partial charge < -0.3 is 4.74 Å². The van der Waals surface area contributed by atoms with E-state index in [9.17, 15) is 8.78 Å². The van der Waals surface area contributed by atoms with Crippen LogP contribution in [0, 0.1) is 41.2 Å². The molecule has 0 bridgehead atoms. The summed E-state index contributed by atoms with van der Waals surface area (Å²) in [6, 6.07) is 3.21. The van der Waals surface area contributed by atoms with Gasteiger partial charge in [0.25, 0.3) is 0 Å². The molecule has 0 amide bonds. The fraction of sp³-hybridized carbons (Fsp3) is 0.688. The standard InChI is InChI=1S/C32H46F2O/c1-3-4-5-6-23-7-9-24(10-8-23)11-12-25-13-15-26(16-14-25)27-17-19-28(20-18-27)29-21-22-30(35-2)32(34)31(29)33/h4-5,19,21-27H,3,6-18,20H2,1-2H3/b5-4-. The first kappa shape index (κ1) is 26.4. The van der Waals surface area contributed by atoms with Crippen LogP contribution in [0.5, 0.6) is 5.75 Å². The van der Waals surface area contributed by atoms with Crippen molar-refractivity contribution in [1.29, 1.82) is 0 Å². The molecule has 0 N–H and O–H groups in total. The first-order valence-electron chi connectivity index (χ1n) is 14.4. The van der Waals surface area contributed by atoms with Crippen LogP contribution in [-0.4, -0.2) is 7.11 Å². The number of allylic oxidation sites excluding steroid dienone is 4. The van der Waals surface area contributed by atoms with Crippen molar-refractivity contribution >= 4 is 5.57 Å². The molecule has 35 heavy (non-hydrogen) atoms. The van der Waals surface area contributed by atoms with Gasteiger partial charge in [0.05, 0.1) is 7.11 Å². The lowest BCUT2D eigenvalue weighted by Gasteiger charge is -2.36. The van der Waals surface area contributed by atoms with E-state index in [1.807, 2.05) is 0 Å². The first-order chi connectivity index (χ1) is 17.1. The highest BCUT2D eigenvalue weighted by Gasteiger charge is 2.30. The second-order valence-corrected chi connectivity index (χ2v) is 11.6. The Labute approximate surface area is 212 Å². The van der Waals surface area contributed by atoms with E-state index in [0.29, 0.717) is 11.5 Å². The minimum absolute atomic E-state index is 0.0233. The van der Waals surface area contributed by atoms with Crippen molar-refractivity contribution in [3.8, 4) is 5.75 Å². The molecule has 0 saturated heterocycles. The molecule has 2 saturated carbocycles. The molecule has 1 aromatic rings. The molecule has 1 nitrogen and oxygen atoms in total. The number of methoxy groups -OCH3 is 1. The molecule has 0 radical (unpaired) electrons. The van der Waals surface area contributed by atoms with Crippen LogP contribution in [0.1, 0.15) is 109 Å². The summed E-state index contributed by atoms with van der Waals surface area (Å²) in [6.07, 6.45) is 26.5. The average molecular weight is 485 g/mol. The van der Waals surface area contributed by atoms with Gasteiger partial charge in [0.2, 0.25) is 5.82 Å². The lowest BCUT2D eigenvalue weighted by molar-refractivity contribution is 0.176. The molecule has 3 aliphatic rings. The van der Waals surface area contributed by atoms with E-state index in [1.54, 1.807) is 12.1 Å². The summed E-state index contributed by atoms with van der Waals surface area (Å²) >= 11 is 0. The largest absolute Gasteiger partial charge is 0.494 e. The van der Waals surface area contributed by atoms with Gasteiger partial charge in [-0.3, -0.25) is 0 Å². The van der Waals surface area contributed by atoms with Gasteiger partial charge in [-0.25, -0.2) is 4.39 Å². The Hall–Kier alpha value is -1.64. The quantitative estimate of drug-likeness (QED) is 0.317. The monoisotopic (exact) mass is 484 g/mol. The summed E-state index contributed by atoms with van der Waals surface area (Å²) < 4.78 is 33.6. The Morgan fingerprint density at radius 3 is 2.06 bits per heavy atom. The van der Waals surface area contributed by atoms with Crippen LogP contribution < -0.4 is 4.74 Å². The number of hydrogen-bond donors (Lipinski definition) is 0. The summed E-state index contributed by atoms with van der Waals surface area (Å²) in [6.45, 7) is 2.22. The second kappa shape index (κ2) is 13.1. The lowest BCUT2D eigenvalue weighted by Crippen LogP contribution is -2.24. The Bertz CT molecular complexity index is 857. The fourth-order valence-corrected chi connectivity index (χ4v) is 7.10. The number of benzene rings is 1. The SMILES string of the molecule is CC/C=C\CC1CCC(CCC2CCC(C3CC=C(c4ccc(OC)c(F)c4F)CC3)CC2)CC1. The van der Waals surface area contributed by atoms with Crippen LogP contribution in [-0.2, 0) is 0 Å². The zero-order valence-electron chi connectivity index (χ0n) is 22.0. The summed E-state index contributed by atoms with van der Waals surface area (Å²) in [4.78, 5) is 0. The summed E-state index contributed by atoms with van der Waals surface area (Å²) in [5, 5.41) is 0. The maximum absolute atomic E-state index is 14.5. The van der Waals surface area contributed by atoms with Crippen molar-refractivity contribution in [3.63, 3.8) is 0 Å². The van der Waals surface area contributed by atoms with E-state index in [-0.39, 0.29) is 5.75 Å². The number of hydrogen-bond acceptors (Lipinski definition) is 1. The molecule has 0 heterocycles. The molecule has 0 aromatic heterocycles. The van der Waals surface area contributed by atoms with E-state index >= 15 is 0 Å². The van der Waals surface area contributed by atoms with E-state index in [4.69, 9.17) is 4.74 Å². The van der Waals surface area contributed by atoms with Gasteiger partial charge in [0, 0.05) is 5.56 Å². The van der Waals surface area contributed by atoms with Crippen molar-refractivity contribution in [3.05, 3.63) is 47.6 Å². The minimum Gasteiger partial charge on any atom is -0.494 e. The molecule has 1 unspecified atom stereocenters. The summed E-state index contributed by atoms with van der Waals surface area (Å²) in [5.74, 6) is 2.71. The van der Waals surface area contributed by atoms with Crippen molar-refractivity contribution in [1.82, 2.24) is 0 Å². The normalized spacial score (nSPS) is 29.8. The lowest BCUT2D eigenvalue weighted by atomic mass is 9.69. The third kappa shape index (κ3) is 6.98.